The van der Waals surface area contributed by atoms with E-state index in [0.717, 1.165) is 18.2 Å². The molecule has 1 N–H and O–H groups in total. The summed E-state index contributed by atoms with van der Waals surface area (Å²) in [5, 5.41) is 3.82. The van der Waals surface area contributed by atoms with Crippen LogP contribution in [-0.2, 0) is 4.79 Å². The topological polar surface area (TPSA) is 68.5 Å². The molecule has 116 valence electrons. The zero-order valence-corrected chi connectivity index (χ0v) is 12.5. The van der Waals surface area contributed by atoms with E-state index in [4.69, 9.17) is 9.15 Å². The van der Waals surface area contributed by atoms with Crippen LogP contribution in [-0.4, -0.2) is 18.1 Å². The molecule has 0 bridgehead atoms. The van der Waals surface area contributed by atoms with Gasteiger partial charge in [0, 0.05) is 23.6 Å². The first kappa shape index (κ1) is 14.6. The van der Waals surface area contributed by atoms with Crippen molar-refractivity contribution in [1.82, 2.24) is 5.32 Å². The fraction of sp³-hybridized carbons (Fsp3) is 0.412. The molecule has 0 radical (unpaired) electrons. The summed E-state index contributed by atoms with van der Waals surface area (Å²) < 4.78 is 10.8. The van der Waals surface area contributed by atoms with Gasteiger partial charge in [0.05, 0.1) is 0 Å². The monoisotopic (exact) mass is 301 g/mol. The second-order valence-electron chi connectivity index (χ2n) is 5.70. The minimum atomic E-state index is -0.589. The van der Waals surface area contributed by atoms with Crippen LogP contribution in [0.2, 0.25) is 0 Å². The molecule has 1 aliphatic rings. The fourth-order valence-corrected chi connectivity index (χ4v) is 2.76. The van der Waals surface area contributed by atoms with Crippen molar-refractivity contribution in [3.63, 3.8) is 0 Å². The van der Waals surface area contributed by atoms with Gasteiger partial charge in [-0.1, -0.05) is 12.8 Å². The number of nitrogens with one attached hydrogen (secondary N) is 1. The standard InChI is InChI=1S/C17H19NO4/c1-11(17(20)18-13-4-2-3-5-13)21-14-8-6-12-7-9-16(19)22-15(12)10-14/h6-11,13H,2-5H2,1H3,(H,18,20)/t11-/m1/s1. The van der Waals surface area contributed by atoms with Crippen LogP contribution < -0.4 is 15.7 Å². The Labute approximate surface area is 128 Å². The molecule has 3 rings (SSSR count). The van der Waals surface area contributed by atoms with Crippen molar-refractivity contribution in [2.24, 2.45) is 0 Å². The lowest BCUT2D eigenvalue weighted by Gasteiger charge is -2.18. The lowest BCUT2D eigenvalue weighted by atomic mass is 10.2. The van der Waals surface area contributed by atoms with Crippen molar-refractivity contribution in [3.8, 4) is 5.75 Å². The van der Waals surface area contributed by atoms with Gasteiger partial charge in [-0.05, 0) is 38.0 Å². The maximum Gasteiger partial charge on any atom is 0.336 e. The third kappa shape index (κ3) is 3.30. The van der Waals surface area contributed by atoms with Gasteiger partial charge in [0.15, 0.2) is 6.10 Å². The zero-order chi connectivity index (χ0) is 15.5. The lowest BCUT2D eigenvalue weighted by Crippen LogP contribution is -2.41. The Hall–Kier alpha value is -2.30. The molecule has 0 aliphatic heterocycles. The van der Waals surface area contributed by atoms with Gasteiger partial charge < -0.3 is 14.5 Å². The Balaban J connectivity index is 1.68. The molecule has 1 saturated carbocycles. The molecule has 0 saturated heterocycles. The summed E-state index contributed by atoms with van der Waals surface area (Å²) in [4.78, 5) is 23.4. The van der Waals surface area contributed by atoms with Gasteiger partial charge in [-0.3, -0.25) is 4.79 Å². The number of benzene rings is 1. The zero-order valence-electron chi connectivity index (χ0n) is 12.5. The van der Waals surface area contributed by atoms with Gasteiger partial charge in [-0.15, -0.1) is 0 Å². The van der Waals surface area contributed by atoms with Crippen molar-refractivity contribution < 1.29 is 13.9 Å². The molecule has 5 heteroatoms. The van der Waals surface area contributed by atoms with E-state index < -0.39 is 11.7 Å². The van der Waals surface area contributed by atoms with Crippen LogP contribution in [0.25, 0.3) is 11.0 Å². The average molecular weight is 301 g/mol. The number of carbonyl (C=O) groups is 1. The Bertz CT molecular complexity index is 731. The van der Waals surface area contributed by atoms with Gasteiger partial charge in [-0.25, -0.2) is 4.79 Å². The van der Waals surface area contributed by atoms with E-state index in [-0.39, 0.29) is 11.9 Å². The molecular weight excluding hydrogens is 282 g/mol. The van der Waals surface area contributed by atoms with Crippen LogP contribution in [0.15, 0.2) is 39.5 Å². The van der Waals surface area contributed by atoms with Crippen LogP contribution in [0.5, 0.6) is 5.75 Å². The maximum atomic E-state index is 12.1. The van der Waals surface area contributed by atoms with Crippen LogP contribution in [0.4, 0.5) is 0 Å². The molecule has 2 aromatic rings. The van der Waals surface area contributed by atoms with E-state index in [0.29, 0.717) is 11.3 Å². The second-order valence-corrected chi connectivity index (χ2v) is 5.70. The summed E-state index contributed by atoms with van der Waals surface area (Å²) in [5.41, 5.74) is 0.0464. The van der Waals surface area contributed by atoms with Crippen LogP contribution in [0.1, 0.15) is 32.6 Å². The highest BCUT2D eigenvalue weighted by atomic mass is 16.5. The van der Waals surface area contributed by atoms with Crippen molar-refractivity contribution in [2.45, 2.75) is 44.8 Å². The highest BCUT2D eigenvalue weighted by Gasteiger charge is 2.21. The predicted molar refractivity (Wildman–Crippen MR) is 83.0 cm³/mol. The molecule has 1 aromatic carbocycles. The summed E-state index contributed by atoms with van der Waals surface area (Å²) in [6.07, 6.45) is 3.83. The summed E-state index contributed by atoms with van der Waals surface area (Å²) in [5.74, 6) is 0.400. The van der Waals surface area contributed by atoms with E-state index in [9.17, 15) is 9.59 Å². The first-order valence-electron chi connectivity index (χ1n) is 7.63. The second kappa shape index (κ2) is 6.22. The number of rotatable bonds is 4. The molecule has 0 unspecified atom stereocenters. The third-order valence-electron chi connectivity index (χ3n) is 3.98. The Kier molecular flexibility index (Phi) is 4.13. The Morgan fingerprint density at radius 2 is 2.00 bits per heavy atom. The average Bonchev–Trinajstić information content (AvgIpc) is 2.99. The minimum Gasteiger partial charge on any atom is -0.481 e. The maximum absolute atomic E-state index is 12.1. The van der Waals surface area contributed by atoms with E-state index in [1.165, 1.54) is 18.9 Å². The first-order chi connectivity index (χ1) is 10.6. The van der Waals surface area contributed by atoms with Crippen LogP contribution in [0, 0.1) is 0 Å². The summed E-state index contributed by atoms with van der Waals surface area (Å²) in [6, 6.07) is 8.54. The summed E-state index contributed by atoms with van der Waals surface area (Å²) in [7, 11) is 0. The predicted octanol–water partition coefficient (Wildman–Crippen LogP) is 2.62. The molecule has 1 amide bonds. The van der Waals surface area contributed by atoms with Crippen LogP contribution in [0.3, 0.4) is 0 Å². The number of hydrogen-bond acceptors (Lipinski definition) is 4. The number of fused-ring (bicyclic) bond motifs is 1. The molecule has 0 spiro atoms. The Morgan fingerprint density at radius 1 is 1.27 bits per heavy atom. The highest BCUT2D eigenvalue weighted by molar-refractivity contribution is 5.81. The fourth-order valence-electron chi connectivity index (χ4n) is 2.76. The third-order valence-corrected chi connectivity index (χ3v) is 3.98. The van der Waals surface area contributed by atoms with Crippen LogP contribution >= 0.6 is 0 Å². The largest absolute Gasteiger partial charge is 0.481 e. The van der Waals surface area contributed by atoms with E-state index >= 15 is 0 Å². The van der Waals surface area contributed by atoms with Crippen molar-refractivity contribution >= 4 is 16.9 Å². The molecule has 1 heterocycles. The Morgan fingerprint density at radius 3 is 2.77 bits per heavy atom. The highest BCUT2D eigenvalue weighted by Crippen LogP contribution is 2.21. The van der Waals surface area contributed by atoms with Crippen molar-refractivity contribution in [3.05, 3.63) is 40.8 Å². The van der Waals surface area contributed by atoms with Gasteiger partial charge in [0.2, 0.25) is 0 Å². The van der Waals surface area contributed by atoms with Crippen molar-refractivity contribution in [2.75, 3.05) is 0 Å². The summed E-state index contributed by atoms with van der Waals surface area (Å²) >= 11 is 0. The molecule has 1 aromatic heterocycles. The van der Waals surface area contributed by atoms with E-state index in [2.05, 4.69) is 5.32 Å². The number of ether oxygens (including phenoxy) is 1. The minimum absolute atomic E-state index is 0.110. The molecule has 22 heavy (non-hydrogen) atoms. The van der Waals surface area contributed by atoms with E-state index in [1.807, 2.05) is 0 Å². The number of amides is 1. The molecule has 1 atom stereocenters. The SMILES string of the molecule is C[C@@H](Oc1ccc2ccc(=O)oc2c1)C(=O)NC1CCCC1. The van der Waals surface area contributed by atoms with E-state index in [1.54, 1.807) is 31.2 Å². The smallest absolute Gasteiger partial charge is 0.336 e. The van der Waals surface area contributed by atoms with Gasteiger partial charge in [0.25, 0.3) is 5.91 Å². The van der Waals surface area contributed by atoms with Gasteiger partial charge in [-0.2, -0.15) is 0 Å². The quantitative estimate of drug-likeness (QED) is 0.881. The number of carbonyl (C=O) groups excluding carboxylic acids is 1. The normalized spacial score (nSPS) is 16.6. The molecule has 5 nitrogen and oxygen atoms in total. The number of hydrogen-bond donors (Lipinski definition) is 1. The lowest BCUT2D eigenvalue weighted by molar-refractivity contribution is -0.127. The van der Waals surface area contributed by atoms with Crippen molar-refractivity contribution in [1.29, 1.82) is 0 Å². The first-order valence-corrected chi connectivity index (χ1v) is 7.63. The summed E-state index contributed by atoms with van der Waals surface area (Å²) in [6.45, 7) is 1.72. The molecule has 1 fully saturated rings. The molecular formula is C17H19NO4. The van der Waals surface area contributed by atoms with Gasteiger partial charge in [0.1, 0.15) is 11.3 Å². The van der Waals surface area contributed by atoms with Gasteiger partial charge >= 0.3 is 5.63 Å². The molecule has 1 aliphatic carbocycles.